The van der Waals surface area contributed by atoms with Gasteiger partial charge in [-0.1, -0.05) is 80.1 Å². The standard InChI is InChI=1S/C31H26O3/c1-18-9-11-23(30(34)28(32)20-13-15-31(3,4)16-14-20)25(17-18)29(33)24-12-10-19(2)26-21-7-5-6-8-22(21)27(24)26/h5-15,17H,16H2,1-4H3. The molecule has 0 N–H and O–H groups in total. The fourth-order valence-electron chi connectivity index (χ4n) is 4.81. The molecule has 3 aromatic carbocycles. The Morgan fingerprint density at radius 1 is 0.765 bits per heavy atom. The van der Waals surface area contributed by atoms with Crippen molar-refractivity contribution in [3.05, 3.63) is 127 Å². The molecule has 3 heteroatoms. The Balaban J connectivity index is 1.61. The molecule has 0 radical (unpaired) electrons. The second-order valence-corrected chi connectivity index (χ2v) is 9.95. The molecule has 34 heavy (non-hydrogen) atoms. The van der Waals surface area contributed by atoms with Crippen molar-refractivity contribution in [2.24, 2.45) is 5.41 Å². The summed E-state index contributed by atoms with van der Waals surface area (Å²) in [6, 6.07) is 16.9. The number of carbonyl (C=O) groups is 3. The number of carbonyl (C=O) groups excluding carboxylic acids is 3. The summed E-state index contributed by atoms with van der Waals surface area (Å²) in [6.45, 7) is 8.07. The van der Waals surface area contributed by atoms with Gasteiger partial charge in [0.25, 0.3) is 0 Å². The van der Waals surface area contributed by atoms with Crippen LogP contribution in [0.3, 0.4) is 0 Å². The van der Waals surface area contributed by atoms with Gasteiger partial charge in [-0.2, -0.15) is 0 Å². The average molecular weight is 447 g/mol. The lowest BCUT2D eigenvalue weighted by Crippen LogP contribution is -2.22. The quantitative estimate of drug-likeness (QED) is 0.275. The topological polar surface area (TPSA) is 51.2 Å². The van der Waals surface area contributed by atoms with E-state index >= 15 is 0 Å². The molecule has 0 bridgehead atoms. The van der Waals surface area contributed by atoms with E-state index in [1.54, 1.807) is 24.3 Å². The van der Waals surface area contributed by atoms with Crippen LogP contribution in [0.4, 0.5) is 0 Å². The highest BCUT2D eigenvalue weighted by Gasteiger charge is 2.28. The lowest BCUT2D eigenvalue weighted by molar-refractivity contribution is -0.111. The molecule has 0 heterocycles. The third-order valence-electron chi connectivity index (χ3n) is 6.82. The number of Topliss-reactive ketones (excluding diaryl/α,β-unsaturated/α-hetero) is 2. The van der Waals surface area contributed by atoms with Crippen LogP contribution in [0, 0.1) is 40.1 Å². The molecule has 0 atom stereocenters. The molecular formula is C31H26O3. The molecule has 0 aliphatic heterocycles. The number of rotatable bonds is 5. The zero-order chi connectivity index (χ0) is 24.2. The van der Waals surface area contributed by atoms with Crippen LogP contribution < -0.4 is 0 Å². The van der Waals surface area contributed by atoms with Crippen molar-refractivity contribution in [2.45, 2.75) is 34.1 Å². The van der Waals surface area contributed by atoms with Crippen molar-refractivity contribution in [1.82, 2.24) is 0 Å². The third kappa shape index (κ3) is 3.49. The van der Waals surface area contributed by atoms with E-state index in [-0.39, 0.29) is 22.3 Å². The average Bonchev–Trinajstić information content (AvgIpc) is 2.80. The highest BCUT2D eigenvalue weighted by atomic mass is 16.2. The number of ketones is 3. The van der Waals surface area contributed by atoms with E-state index in [1.165, 1.54) is 0 Å². The van der Waals surface area contributed by atoms with Gasteiger partial charge < -0.3 is 0 Å². The van der Waals surface area contributed by atoms with Crippen molar-refractivity contribution < 1.29 is 14.4 Å². The molecule has 0 aromatic heterocycles. The molecule has 0 amide bonds. The highest BCUT2D eigenvalue weighted by Crippen LogP contribution is 2.29. The first-order chi connectivity index (χ1) is 16.2. The minimum Gasteiger partial charge on any atom is -0.289 e. The monoisotopic (exact) mass is 446 g/mol. The summed E-state index contributed by atoms with van der Waals surface area (Å²) < 4.78 is 0. The first-order valence-electron chi connectivity index (χ1n) is 11.5. The predicted molar refractivity (Wildman–Crippen MR) is 133 cm³/mol. The SMILES string of the molecule is Cc1ccc(C(=O)C(=O)C2=CCC(C)(C)C=C2)c(C(=O)c2ccc(C)c3c2=c2ccccc2=3)c1. The summed E-state index contributed by atoms with van der Waals surface area (Å²) in [5.41, 5.74) is 3.30. The van der Waals surface area contributed by atoms with Crippen LogP contribution in [0.5, 0.6) is 0 Å². The van der Waals surface area contributed by atoms with Gasteiger partial charge in [-0.05, 0) is 59.0 Å². The maximum Gasteiger partial charge on any atom is 0.234 e. The minimum atomic E-state index is -0.648. The number of hydrogen-bond donors (Lipinski definition) is 0. The zero-order valence-corrected chi connectivity index (χ0v) is 19.9. The van der Waals surface area contributed by atoms with Crippen LogP contribution >= 0.6 is 0 Å². The molecule has 2 aliphatic carbocycles. The van der Waals surface area contributed by atoms with E-state index in [2.05, 4.69) is 19.9 Å². The van der Waals surface area contributed by atoms with Crippen LogP contribution in [-0.4, -0.2) is 17.3 Å². The molecule has 2 aliphatic rings. The molecule has 3 nitrogen and oxygen atoms in total. The minimum absolute atomic E-state index is 0.0403. The molecule has 0 saturated carbocycles. The lowest BCUT2D eigenvalue weighted by Gasteiger charge is -2.22. The van der Waals surface area contributed by atoms with Crippen molar-refractivity contribution in [3.63, 3.8) is 0 Å². The third-order valence-corrected chi connectivity index (χ3v) is 6.82. The Labute approximate surface area is 198 Å². The van der Waals surface area contributed by atoms with Gasteiger partial charge in [-0.15, -0.1) is 0 Å². The number of allylic oxidation sites excluding steroid dienone is 4. The van der Waals surface area contributed by atoms with Crippen LogP contribution in [0.1, 0.15) is 57.7 Å². The van der Waals surface area contributed by atoms with E-state index in [0.29, 0.717) is 17.6 Å². The largest absolute Gasteiger partial charge is 0.289 e. The van der Waals surface area contributed by atoms with Crippen LogP contribution in [0.2, 0.25) is 0 Å². The van der Waals surface area contributed by atoms with E-state index in [9.17, 15) is 14.4 Å². The Morgan fingerprint density at radius 2 is 1.44 bits per heavy atom. The van der Waals surface area contributed by atoms with Gasteiger partial charge in [-0.3, -0.25) is 14.4 Å². The lowest BCUT2D eigenvalue weighted by atomic mass is 9.82. The molecule has 0 saturated heterocycles. The number of hydrogen-bond acceptors (Lipinski definition) is 3. The van der Waals surface area contributed by atoms with Crippen molar-refractivity contribution in [3.8, 4) is 0 Å². The highest BCUT2D eigenvalue weighted by molar-refractivity contribution is 6.50. The van der Waals surface area contributed by atoms with Gasteiger partial charge in [0.2, 0.25) is 11.6 Å². The summed E-state index contributed by atoms with van der Waals surface area (Å²) in [5, 5.41) is 4.19. The van der Waals surface area contributed by atoms with Crippen LogP contribution in [0.15, 0.2) is 78.4 Å². The summed E-state index contributed by atoms with van der Waals surface area (Å²) in [6.07, 6.45) is 6.18. The summed E-state index contributed by atoms with van der Waals surface area (Å²) in [4.78, 5) is 40.2. The van der Waals surface area contributed by atoms with Gasteiger partial charge in [0.05, 0.1) is 0 Å². The number of fused-ring (bicyclic) bond motifs is 2. The van der Waals surface area contributed by atoms with Gasteiger partial charge in [0.1, 0.15) is 0 Å². The zero-order valence-electron chi connectivity index (χ0n) is 19.9. The molecule has 0 spiro atoms. The number of benzene rings is 3. The molecule has 0 unspecified atom stereocenters. The van der Waals surface area contributed by atoms with E-state index < -0.39 is 11.6 Å². The molecule has 168 valence electrons. The number of aryl methyl sites for hydroxylation is 2. The Hall–Kier alpha value is -3.85. The normalized spacial score (nSPS) is 15.0. The fourth-order valence-corrected chi connectivity index (χ4v) is 4.81. The first kappa shape index (κ1) is 22.0. The van der Waals surface area contributed by atoms with Gasteiger partial charge >= 0.3 is 0 Å². The Morgan fingerprint density at radius 3 is 2.12 bits per heavy atom. The summed E-state index contributed by atoms with van der Waals surface area (Å²) in [5.74, 6) is -1.46. The predicted octanol–water partition coefficient (Wildman–Crippen LogP) is 6.09. The maximum absolute atomic E-state index is 13.8. The molecular weight excluding hydrogens is 420 g/mol. The summed E-state index contributed by atoms with van der Waals surface area (Å²) in [7, 11) is 0. The first-order valence-corrected chi connectivity index (χ1v) is 11.5. The molecule has 3 aromatic rings. The maximum atomic E-state index is 13.8. The summed E-state index contributed by atoms with van der Waals surface area (Å²) >= 11 is 0. The fraction of sp³-hybridized carbons (Fsp3) is 0.194. The van der Waals surface area contributed by atoms with E-state index in [1.807, 2.05) is 56.3 Å². The Bertz CT molecular complexity index is 1670. The van der Waals surface area contributed by atoms with E-state index in [4.69, 9.17) is 0 Å². The van der Waals surface area contributed by atoms with Crippen molar-refractivity contribution >= 4 is 17.3 Å². The second-order valence-electron chi connectivity index (χ2n) is 9.95. The van der Waals surface area contributed by atoms with Crippen molar-refractivity contribution in [1.29, 1.82) is 0 Å². The van der Waals surface area contributed by atoms with Gasteiger partial charge in [0, 0.05) is 27.5 Å². The van der Waals surface area contributed by atoms with Gasteiger partial charge in [0.15, 0.2) is 5.78 Å². The molecule has 0 fully saturated rings. The van der Waals surface area contributed by atoms with E-state index in [0.717, 1.165) is 32.0 Å². The van der Waals surface area contributed by atoms with Crippen molar-refractivity contribution in [2.75, 3.05) is 0 Å². The Kier molecular flexibility index (Phi) is 5.09. The van der Waals surface area contributed by atoms with Crippen LogP contribution in [0.25, 0.3) is 0 Å². The van der Waals surface area contributed by atoms with Gasteiger partial charge in [-0.25, -0.2) is 0 Å². The smallest absolute Gasteiger partial charge is 0.234 e. The molecule has 5 rings (SSSR count). The van der Waals surface area contributed by atoms with Crippen LogP contribution in [-0.2, 0) is 4.79 Å². The second kappa shape index (κ2) is 7.88.